The van der Waals surface area contributed by atoms with Crippen LogP contribution in [-0.2, 0) is 9.53 Å². The highest BCUT2D eigenvalue weighted by Crippen LogP contribution is 2.29. The fourth-order valence-corrected chi connectivity index (χ4v) is 2.21. The van der Waals surface area contributed by atoms with Crippen LogP contribution in [0.2, 0.25) is 0 Å². The van der Waals surface area contributed by atoms with Gasteiger partial charge in [0, 0.05) is 0 Å². The van der Waals surface area contributed by atoms with E-state index in [9.17, 15) is 25.2 Å². The lowest BCUT2D eigenvalue weighted by Crippen LogP contribution is -2.67. The second-order valence-electron chi connectivity index (χ2n) is 5.07. The molecule has 7 nitrogen and oxygen atoms in total. The zero-order chi connectivity index (χ0) is 16.3. The summed E-state index contributed by atoms with van der Waals surface area (Å²) in [4.78, 5) is 12.1. The molecule has 22 heavy (non-hydrogen) atoms. The van der Waals surface area contributed by atoms with E-state index in [2.05, 4.69) is 0 Å². The maximum atomic E-state index is 12.1. The van der Waals surface area contributed by atoms with Gasteiger partial charge >= 0.3 is 0 Å². The molecule has 0 aliphatic carbocycles. The van der Waals surface area contributed by atoms with Crippen molar-refractivity contribution >= 4 is 11.9 Å². The molecule has 7 heteroatoms. The fraction of sp³-hybridized carbons (Fsp3) is 0.400. The first-order valence-corrected chi connectivity index (χ1v) is 6.73. The second-order valence-corrected chi connectivity index (χ2v) is 5.07. The average molecular weight is 310 g/mol. The molecule has 1 aliphatic heterocycles. The Bertz CT molecular complexity index is 542. The molecule has 0 spiro atoms. The van der Waals surface area contributed by atoms with E-state index in [-0.39, 0.29) is 0 Å². The third kappa shape index (κ3) is 3.09. The Morgan fingerprint density at radius 1 is 1.18 bits per heavy atom. The molecule has 120 valence electrons. The number of aliphatic hydroxyl groups is 5. The van der Waals surface area contributed by atoms with E-state index in [0.717, 1.165) is 6.08 Å². The summed E-state index contributed by atoms with van der Waals surface area (Å²) in [6, 6.07) is 8.76. The van der Waals surface area contributed by atoms with Crippen LogP contribution in [0.4, 0.5) is 0 Å². The number of rotatable bonds is 4. The summed E-state index contributed by atoms with van der Waals surface area (Å²) in [6.45, 7) is -0.733. The molecule has 1 aromatic rings. The van der Waals surface area contributed by atoms with Gasteiger partial charge in [-0.2, -0.15) is 0 Å². The van der Waals surface area contributed by atoms with E-state index in [1.807, 2.05) is 0 Å². The number of carbonyl (C=O) groups is 1. The quantitative estimate of drug-likeness (QED) is 0.425. The number of hydrogen-bond acceptors (Lipinski definition) is 7. The number of benzene rings is 1. The second kappa shape index (κ2) is 6.66. The maximum absolute atomic E-state index is 12.1. The van der Waals surface area contributed by atoms with Gasteiger partial charge in [-0.1, -0.05) is 36.4 Å². The molecular weight excluding hydrogens is 292 g/mol. The van der Waals surface area contributed by atoms with Crippen LogP contribution in [0.25, 0.3) is 6.08 Å². The minimum Gasteiger partial charge on any atom is -0.394 e. The molecular formula is C15H18O7. The van der Waals surface area contributed by atoms with Gasteiger partial charge in [0.15, 0.2) is 0 Å². The van der Waals surface area contributed by atoms with Gasteiger partial charge in [0.25, 0.3) is 5.79 Å². The predicted octanol–water partition coefficient (Wildman–Crippen LogP) is -1.57. The Labute approximate surface area is 126 Å². The smallest absolute Gasteiger partial charge is 0.260 e. The Hall–Kier alpha value is -1.61. The van der Waals surface area contributed by atoms with Gasteiger partial charge in [0.05, 0.1) is 6.61 Å². The molecule has 2 rings (SSSR count). The lowest BCUT2D eigenvalue weighted by molar-refractivity contribution is -0.329. The Kier molecular flexibility index (Phi) is 5.07. The number of carbonyl (C=O) groups excluding carboxylic acids is 1. The minimum atomic E-state index is -2.74. The van der Waals surface area contributed by atoms with E-state index < -0.39 is 42.6 Å². The lowest BCUT2D eigenvalue weighted by atomic mass is 9.90. The van der Waals surface area contributed by atoms with Gasteiger partial charge in [-0.25, -0.2) is 0 Å². The van der Waals surface area contributed by atoms with Gasteiger partial charge in [0.1, 0.15) is 24.4 Å². The average Bonchev–Trinajstić information content (AvgIpc) is 2.55. The van der Waals surface area contributed by atoms with Crippen LogP contribution in [0.1, 0.15) is 5.56 Å². The maximum Gasteiger partial charge on any atom is 0.260 e. The Morgan fingerprint density at radius 3 is 2.41 bits per heavy atom. The van der Waals surface area contributed by atoms with Crippen molar-refractivity contribution in [3.05, 3.63) is 42.0 Å². The van der Waals surface area contributed by atoms with Crippen LogP contribution >= 0.6 is 0 Å². The molecule has 1 saturated heterocycles. The molecule has 0 bridgehead atoms. The topological polar surface area (TPSA) is 127 Å². The van der Waals surface area contributed by atoms with Crippen LogP contribution < -0.4 is 0 Å². The van der Waals surface area contributed by atoms with Gasteiger partial charge in [0.2, 0.25) is 5.78 Å². The number of ether oxygens (including phenoxy) is 1. The van der Waals surface area contributed by atoms with Crippen molar-refractivity contribution in [2.75, 3.05) is 6.61 Å². The summed E-state index contributed by atoms with van der Waals surface area (Å²) in [5.74, 6) is -3.75. The highest BCUT2D eigenvalue weighted by molar-refractivity contribution is 5.99. The summed E-state index contributed by atoms with van der Waals surface area (Å²) < 4.78 is 4.91. The fourth-order valence-electron chi connectivity index (χ4n) is 2.21. The van der Waals surface area contributed by atoms with Gasteiger partial charge < -0.3 is 30.3 Å². The largest absolute Gasteiger partial charge is 0.394 e. The highest BCUT2D eigenvalue weighted by atomic mass is 16.7. The molecule has 0 aromatic heterocycles. The van der Waals surface area contributed by atoms with Crippen LogP contribution in [0.3, 0.4) is 0 Å². The van der Waals surface area contributed by atoms with E-state index in [0.29, 0.717) is 5.56 Å². The zero-order valence-electron chi connectivity index (χ0n) is 11.6. The van der Waals surface area contributed by atoms with Crippen molar-refractivity contribution in [1.29, 1.82) is 0 Å². The molecule has 5 N–H and O–H groups in total. The van der Waals surface area contributed by atoms with Crippen molar-refractivity contribution in [3.8, 4) is 0 Å². The van der Waals surface area contributed by atoms with Crippen LogP contribution in [0.15, 0.2) is 36.4 Å². The zero-order valence-corrected chi connectivity index (χ0v) is 11.6. The molecule has 0 radical (unpaired) electrons. The summed E-state index contributed by atoms with van der Waals surface area (Å²) in [7, 11) is 0. The molecule has 1 heterocycles. The molecule has 0 amide bonds. The number of aliphatic hydroxyl groups excluding tert-OH is 4. The van der Waals surface area contributed by atoms with Crippen molar-refractivity contribution in [3.63, 3.8) is 0 Å². The van der Waals surface area contributed by atoms with Gasteiger partial charge in [-0.15, -0.1) is 0 Å². The molecule has 0 unspecified atom stereocenters. The third-order valence-electron chi connectivity index (χ3n) is 3.55. The Morgan fingerprint density at radius 2 is 1.82 bits per heavy atom. The molecule has 1 aliphatic rings. The summed E-state index contributed by atoms with van der Waals surface area (Å²) in [5.41, 5.74) is 0.684. The molecule has 1 fully saturated rings. The lowest BCUT2D eigenvalue weighted by Gasteiger charge is -2.43. The number of hydrogen-bond donors (Lipinski definition) is 5. The van der Waals surface area contributed by atoms with Crippen LogP contribution in [0, 0.1) is 0 Å². The standard InChI is InChI=1S/C15H18O7/c16-8-10-12(18)13(19)14(20)15(21,22-10)11(17)7-6-9-4-2-1-3-5-9/h1-7,10,12-14,16,18-21H,8H2/t10-,12-,13+,14-,15+/m1/s1. The van der Waals surface area contributed by atoms with E-state index >= 15 is 0 Å². The van der Waals surface area contributed by atoms with Gasteiger partial charge in [-0.3, -0.25) is 4.79 Å². The van der Waals surface area contributed by atoms with E-state index in [4.69, 9.17) is 9.84 Å². The summed E-state index contributed by atoms with van der Waals surface area (Å²) >= 11 is 0. The first kappa shape index (κ1) is 16.8. The van der Waals surface area contributed by atoms with Crippen molar-refractivity contribution in [2.24, 2.45) is 0 Å². The summed E-state index contributed by atoms with van der Waals surface area (Å²) in [6.07, 6.45) is -4.48. The molecule has 1 aromatic carbocycles. The van der Waals surface area contributed by atoms with Crippen LogP contribution in [-0.4, -0.2) is 68.1 Å². The normalized spacial score (nSPS) is 35.7. The molecule has 0 saturated carbocycles. The summed E-state index contributed by atoms with van der Waals surface area (Å²) in [5, 5.41) is 48.4. The first-order chi connectivity index (χ1) is 10.4. The third-order valence-corrected chi connectivity index (χ3v) is 3.55. The van der Waals surface area contributed by atoms with Crippen molar-refractivity contribution in [1.82, 2.24) is 0 Å². The SMILES string of the molecule is O=C(C=Cc1ccccc1)[C@]1(O)O[C@H](CO)[C@@H](O)[C@H](O)[C@H]1O. The van der Waals surface area contributed by atoms with Crippen molar-refractivity contribution in [2.45, 2.75) is 30.2 Å². The van der Waals surface area contributed by atoms with Crippen molar-refractivity contribution < 1.29 is 35.1 Å². The number of ketones is 1. The van der Waals surface area contributed by atoms with E-state index in [1.54, 1.807) is 30.3 Å². The first-order valence-electron chi connectivity index (χ1n) is 6.73. The predicted molar refractivity (Wildman–Crippen MR) is 75.4 cm³/mol. The highest BCUT2D eigenvalue weighted by Gasteiger charge is 2.56. The Balaban J connectivity index is 2.21. The minimum absolute atomic E-state index is 0.684. The molecule has 5 atom stereocenters. The monoisotopic (exact) mass is 310 g/mol. The van der Waals surface area contributed by atoms with Crippen LogP contribution in [0.5, 0.6) is 0 Å². The van der Waals surface area contributed by atoms with E-state index in [1.165, 1.54) is 6.08 Å². The van der Waals surface area contributed by atoms with Gasteiger partial charge in [-0.05, 0) is 11.6 Å².